The first kappa shape index (κ1) is 14.4. The van der Waals surface area contributed by atoms with Crippen molar-refractivity contribution in [3.05, 3.63) is 61.6 Å². The summed E-state index contributed by atoms with van der Waals surface area (Å²) < 4.78 is 2.89. The summed E-state index contributed by atoms with van der Waals surface area (Å²) in [5, 5.41) is 0.712. The van der Waals surface area contributed by atoms with Gasteiger partial charge in [0, 0.05) is 25.0 Å². The van der Waals surface area contributed by atoms with Gasteiger partial charge in [-0.15, -0.1) is 11.3 Å². The van der Waals surface area contributed by atoms with Crippen molar-refractivity contribution in [2.24, 2.45) is 7.05 Å². The number of aromatic nitrogens is 2. The van der Waals surface area contributed by atoms with E-state index in [2.05, 4.69) is 11.9 Å². The third-order valence-electron chi connectivity index (χ3n) is 4.44. The van der Waals surface area contributed by atoms with E-state index in [4.69, 9.17) is 0 Å². The average Bonchev–Trinajstić information content (AvgIpc) is 2.93. The lowest BCUT2D eigenvalue weighted by atomic mass is 10.1. The maximum absolute atomic E-state index is 13.1. The third kappa shape index (κ3) is 2.09. The summed E-state index contributed by atoms with van der Waals surface area (Å²) in [5.41, 5.74) is 1.25. The van der Waals surface area contributed by atoms with Crippen molar-refractivity contribution in [2.75, 3.05) is 13.6 Å². The molecule has 0 unspecified atom stereocenters. The van der Waals surface area contributed by atoms with Gasteiger partial charge in [0.2, 0.25) is 0 Å². The van der Waals surface area contributed by atoms with Crippen LogP contribution >= 0.6 is 11.3 Å². The number of hydrogen-bond acceptors (Lipinski definition) is 4. The molecule has 5 nitrogen and oxygen atoms in total. The van der Waals surface area contributed by atoms with Gasteiger partial charge in [0.25, 0.3) is 5.56 Å². The molecule has 1 aliphatic heterocycles. The second-order valence-corrected chi connectivity index (χ2v) is 7.07. The molecule has 3 aromatic rings. The molecule has 1 aromatic carbocycles. The summed E-state index contributed by atoms with van der Waals surface area (Å²) in [7, 11) is 3.82. The summed E-state index contributed by atoms with van der Waals surface area (Å²) in [4.78, 5) is 30.0. The average molecular weight is 327 g/mol. The maximum atomic E-state index is 13.1. The Labute approximate surface area is 137 Å². The summed E-state index contributed by atoms with van der Waals surface area (Å²) in [5.74, 6) is 0. The van der Waals surface area contributed by atoms with Crippen molar-refractivity contribution >= 4 is 21.6 Å². The Morgan fingerprint density at radius 3 is 2.57 bits per heavy atom. The molecule has 0 atom stereocenters. The van der Waals surface area contributed by atoms with Gasteiger partial charge in [0.15, 0.2) is 0 Å². The molecule has 118 valence electrons. The van der Waals surface area contributed by atoms with Crippen molar-refractivity contribution in [3.8, 4) is 5.69 Å². The summed E-state index contributed by atoms with van der Waals surface area (Å²) >= 11 is 1.57. The zero-order valence-corrected chi connectivity index (χ0v) is 13.9. The summed E-state index contributed by atoms with van der Waals surface area (Å²) in [6, 6.07) is 9.13. The zero-order valence-electron chi connectivity index (χ0n) is 13.1. The lowest BCUT2D eigenvalue weighted by Crippen LogP contribution is -2.37. The van der Waals surface area contributed by atoms with E-state index in [1.165, 1.54) is 9.44 Å². The smallest absolute Gasteiger partial charge is 0.301 e. The van der Waals surface area contributed by atoms with Crippen LogP contribution in [-0.2, 0) is 20.0 Å². The van der Waals surface area contributed by atoms with Crippen LogP contribution < -0.4 is 11.2 Å². The molecule has 0 spiro atoms. The topological polar surface area (TPSA) is 47.2 Å². The number of para-hydroxylation sites is 1. The van der Waals surface area contributed by atoms with Gasteiger partial charge in [0.1, 0.15) is 4.83 Å². The highest BCUT2D eigenvalue weighted by molar-refractivity contribution is 7.18. The molecule has 0 fully saturated rings. The Balaban J connectivity index is 2.11. The molecule has 0 saturated heterocycles. The van der Waals surface area contributed by atoms with Crippen molar-refractivity contribution in [3.63, 3.8) is 0 Å². The molecule has 0 saturated carbocycles. The van der Waals surface area contributed by atoms with E-state index in [1.54, 1.807) is 35.1 Å². The minimum absolute atomic E-state index is 0.198. The van der Waals surface area contributed by atoms with Gasteiger partial charge in [-0.2, -0.15) is 0 Å². The van der Waals surface area contributed by atoms with Crippen LogP contribution in [0, 0.1) is 0 Å². The Morgan fingerprint density at radius 1 is 1.09 bits per heavy atom. The van der Waals surface area contributed by atoms with Gasteiger partial charge in [-0.25, -0.2) is 9.36 Å². The zero-order chi connectivity index (χ0) is 16.1. The van der Waals surface area contributed by atoms with E-state index < -0.39 is 0 Å². The lowest BCUT2D eigenvalue weighted by Gasteiger charge is -2.21. The highest BCUT2D eigenvalue weighted by Crippen LogP contribution is 2.32. The van der Waals surface area contributed by atoms with E-state index >= 15 is 0 Å². The predicted octanol–water partition coefficient (Wildman–Crippen LogP) is 1.74. The van der Waals surface area contributed by atoms with Gasteiger partial charge >= 0.3 is 5.69 Å². The molecule has 0 amide bonds. The first-order chi connectivity index (χ1) is 11.1. The Bertz CT molecular complexity index is 1010. The van der Waals surface area contributed by atoms with Crippen LogP contribution in [0.1, 0.15) is 10.4 Å². The number of hydrogen-bond donors (Lipinski definition) is 0. The van der Waals surface area contributed by atoms with Crippen LogP contribution in [0.25, 0.3) is 15.9 Å². The number of nitrogens with zero attached hydrogens (tertiary/aromatic N) is 3. The quantitative estimate of drug-likeness (QED) is 0.684. The second kappa shape index (κ2) is 5.18. The number of fused-ring (bicyclic) bond motifs is 3. The maximum Gasteiger partial charge on any atom is 0.336 e. The van der Waals surface area contributed by atoms with Crippen molar-refractivity contribution in [2.45, 2.75) is 13.0 Å². The van der Waals surface area contributed by atoms with Gasteiger partial charge in [-0.1, -0.05) is 18.2 Å². The highest BCUT2D eigenvalue weighted by atomic mass is 32.1. The van der Waals surface area contributed by atoms with E-state index in [9.17, 15) is 9.59 Å². The van der Waals surface area contributed by atoms with Crippen molar-refractivity contribution in [1.82, 2.24) is 14.0 Å². The normalized spacial score (nSPS) is 15.0. The first-order valence-electron chi connectivity index (χ1n) is 7.58. The molecular formula is C17H17N3O2S. The van der Waals surface area contributed by atoms with Crippen LogP contribution in [0.4, 0.5) is 0 Å². The lowest BCUT2D eigenvalue weighted by molar-refractivity contribution is 0.318. The molecule has 0 aliphatic carbocycles. The van der Waals surface area contributed by atoms with Crippen LogP contribution in [-0.4, -0.2) is 27.6 Å². The van der Waals surface area contributed by atoms with Gasteiger partial charge in [-0.05, 0) is 31.2 Å². The molecule has 0 N–H and O–H groups in total. The number of rotatable bonds is 1. The molecule has 4 rings (SSSR count). The van der Waals surface area contributed by atoms with Crippen molar-refractivity contribution in [1.29, 1.82) is 0 Å². The minimum atomic E-state index is -0.291. The minimum Gasteiger partial charge on any atom is -0.301 e. The third-order valence-corrected chi connectivity index (χ3v) is 5.74. The highest BCUT2D eigenvalue weighted by Gasteiger charge is 2.24. The second-order valence-electron chi connectivity index (χ2n) is 5.99. The fourth-order valence-electron chi connectivity index (χ4n) is 3.21. The molecule has 6 heteroatoms. The monoisotopic (exact) mass is 327 g/mol. The Hall–Kier alpha value is -2.18. The Morgan fingerprint density at radius 2 is 1.83 bits per heavy atom. The summed E-state index contributed by atoms with van der Waals surface area (Å²) in [6.07, 6.45) is 0.855. The fraction of sp³-hybridized carbons (Fsp3) is 0.294. The van der Waals surface area contributed by atoms with Gasteiger partial charge in [0.05, 0.1) is 11.1 Å². The SMILES string of the molecule is CN1CCc2c(sc3c2c(=O)n(-c2ccccc2)c(=O)n3C)C1. The van der Waals surface area contributed by atoms with Gasteiger partial charge < -0.3 is 4.90 Å². The molecule has 0 bridgehead atoms. The van der Waals surface area contributed by atoms with E-state index in [0.717, 1.165) is 29.9 Å². The van der Waals surface area contributed by atoms with E-state index in [-0.39, 0.29) is 11.2 Å². The molecular weight excluding hydrogens is 310 g/mol. The first-order valence-corrected chi connectivity index (χ1v) is 8.40. The molecule has 1 aliphatic rings. The molecule has 2 aromatic heterocycles. The van der Waals surface area contributed by atoms with Crippen LogP contribution in [0.3, 0.4) is 0 Å². The van der Waals surface area contributed by atoms with Crippen molar-refractivity contribution < 1.29 is 0 Å². The molecule has 23 heavy (non-hydrogen) atoms. The Kier molecular flexibility index (Phi) is 3.25. The van der Waals surface area contributed by atoms with E-state index in [0.29, 0.717) is 11.1 Å². The standard InChI is InChI=1S/C17H17N3O2S/c1-18-9-8-12-13(10-18)23-16-14(12)15(21)20(17(22)19(16)2)11-6-4-3-5-7-11/h3-7H,8-10H2,1-2H3. The molecule has 0 radical (unpaired) electrons. The fourth-order valence-corrected chi connectivity index (χ4v) is 4.59. The van der Waals surface area contributed by atoms with Crippen LogP contribution in [0.15, 0.2) is 39.9 Å². The molecule has 3 heterocycles. The predicted molar refractivity (Wildman–Crippen MR) is 92.7 cm³/mol. The number of thiophene rings is 1. The number of benzene rings is 1. The number of aryl methyl sites for hydroxylation is 1. The van der Waals surface area contributed by atoms with Crippen LogP contribution in [0.2, 0.25) is 0 Å². The van der Waals surface area contributed by atoms with Gasteiger partial charge in [-0.3, -0.25) is 9.36 Å². The summed E-state index contributed by atoms with van der Waals surface area (Å²) in [6.45, 7) is 1.78. The number of likely N-dealkylation sites (N-methyl/N-ethyl adjacent to an activating group) is 1. The van der Waals surface area contributed by atoms with Crippen LogP contribution in [0.5, 0.6) is 0 Å². The van der Waals surface area contributed by atoms with E-state index in [1.807, 2.05) is 18.2 Å². The largest absolute Gasteiger partial charge is 0.336 e.